The smallest absolute Gasteiger partial charge is 0.336 e. The van der Waals surface area contributed by atoms with Gasteiger partial charge in [-0.15, -0.1) is 0 Å². The monoisotopic (exact) mass is 405 g/mol. The van der Waals surface area contributed by atoms with Gasteiger partial charge in [-0.05, 0) is 42.5 Å². The third-order valence-corrected chi connectivity index (χ3v) is 6.69. The summed E-state index contributed by atoms with van der Waals surface area (Å²) in [6.45, 7) is 0.988. The van der Waals surface area contributed by atoms with Gasteiger partial charge in [0.05, 0.1) is 30.0 Å². The van der Waals surface area contributed by atoms with Crippen molar-refractivity contribution in [1.29, 1.82) is 0 Å². The van der Waals surface area contributed by atoms with Crippen LogP contribution >= 0.6 is 0 Å². The molecule has 0 spiro atoms. The molecule has 0 amide bonds. The number of aromatic carboxylic acids is 1. The molecule has 1 aliphatic heterocycles. The minimum Gasteiger partial charge on any atom is -0.492 e. The average molecular weight is 405 g/mol. The van der Waals surface area contributed by atoms with Crippen LogP contribution in [-0.4, -0.2) is 34.0 Å². The van der Waals surface area contributed by atoms with Crippen LogP contribution in [0.15, 0.2) is 42.5 Å². The molecule has 5 rings (SSSR count). The Hall–Kier alpha value is -2.79. The van der Waals surface area contributed by atoms with Gasteiger partial charge >= 0.3 is 5.97 Å². The highest BCUT2D eigenvalue weighted by Gasteiger charge is 2.32. The Morgan fingerprint density at radius 3 is 2.63 bits per heavy atom. The maximum atomic E-state index is 12.2. The van der Waals surface area contributed by atoms with Crippen LogP contribution in [0.2, 0.25) is 0 Å². The van der Waals surface area contributed by atoms with E-state index in [4.69, 9.17) is 4.74 Å². The van der Waals surface area contributed by atoms with Crippen LogP contribution in [-0.2, 0) is 6.54 Å². The third kappa shape index (κ3) is 3.08. The number of rotatable bonds is 3. The van der Waals surface area contributed by atoms with Crippen LogP contribution in [0.5, 0.6) is 5.75 Å². The fourth-order valence-electron chi connectivity index (χ4n) is 5.30. The Labute approximate surface area is 175 Å². The van der Waals surface area contributed by atoms with E-state index in [1.807, 2.05) is 12.1 Å². The van der Waals surface area contributed by atoms with Gasteiger partial charge in [0.1, 0.15) is 5.75 Å². The van der Waals surface area contributed by atoms with E-state index in [9.17, 15) is 15.0 Å². The lowest BCUT2D eigenvalue weighted by molar-refractivity contribution is 0.0696. The van der Waals surface area contributed by atoms with E-state index in [0.29, 0.717) is 30.4 Å². The van der Waals surface area contributed by atoms with E-state index in [1.54, 1.807) is 12.1 Å². The maximum Gasteiger partial charge on any atom is 0.336 e. The zero-order valence-corrected chi connectivity index (χ0v) is 17.0. The highest BCUT2D eigenvalue weighted by Crippen LogP contribution is 2.48. The molecule has 2 aliphatic rings. The van der Waals surface area contributed by atoms with Gasteiger partial charge < -0.3 is 19.5 Å². The molecule has 0 unspecified atom stereocenters. The van der Waals surface area contributed by atoms with Gasteiger partial charge in [-0.3, -0.25) is 0 Å². The van der Waals surface area contributed by atoms with Gasteiger partial charge in [0.25, 0.3) is 0 Å². The second-order valence-corrected chi connectivity index (χ2v) is 8.57. The van der Waals surface area contributed by atoms with Crippen LogP contribution in [0, 0.1) is 5.92 Å². The van der Waals surface area contributed by atoms with Crippen molar-refractivity contribution in [3.05, 3.63) is 53.6 Å². The lowest BCUT2D eigenvalue weighted by Crippen LogP contribution is -2.25. The molecule has 1 aliphatic carbocycles. The standard InChI is InChI=1S/C25H27NO4/c27-14-16-13-26-20-11-5-4-9-18(20)22(17-7-2-1-3-8-17)24(26)23-19(25(28)29)10-6-12-21(23)30-15-16/h4-6,9-12,16-17,27H,1-3,7-8,13-15H2,(H,28,29)/t16-/m1/s1. The zero-order valence-electron chi connectivity index (χ0n) is 17.0. The van der Waals surface area contributed by atoms with Crippen molar-refractivity contribution in [2.45, 2.75) is 44.6 Å². The summed E-state index contributed by atoms with van der Waals surface area (Å²) >= 11 is 0. The van der Waals surface area contributed by atoms with Crippen LogP contribution in [0.4, 0.5) is 0 Å². The summed E-state index contributed by atoms with van der Waals surface area (Å²) in [6, 6.07) is 13.6. The van der Waals surface area contributed by atoms with Gasteiger partial charge in [-0.1, -0.05) is 43.5 Å². The minimum atomic E-state index is -0.943. The Kier molecular flexibility index (Phi) is 4.99. The van der Waals surface area contributed by atoms with Gasteiger partial charge in [0.15, 0.2) is 0 Å². The Morgan fingerprint density at radius 2 is 1.87 bits per heavy atom. The number of benzene rings is 2. The average Bonchev–Trinajstić information content (AvgIpc) is 3.08. The Balaban J connectivity index is 1.88. The van der Waals surface area contributed by atoms with E-state index >= 15 is 0 Å². The molecule has 1 atom stereocenters. The van der Waals surface area contributed by atoms with Crippen molar-refractivity contribution < 1.29 is 19.7 Å². The van der Waals surface area contributed by atoms with Crippen molar-refractivity contribution >= 4 is 16.9 Å². The lowest BCUT2D eigenvalue weighted by Gasteiger charge is -2.28. The second kappa shape index (κ2) is 7.80. The molecule has 1 fully saturated rings. The number of nitrogens with zero attached hydrogens (tertiary/aromatic N) is 1. The van der Waals surface area contributed by atoms with Gasteiger partial charge in [0.2, 0.25) is 0 Å². The first kappa shape index (κ1) is 19.2. The highest BCUT2D eigenvalue weighted by atomic mass is 16.5. The Bertz CT molecular complexity index is 1090. The fourth-order valence-corrected chi connectivity index (χ4v) is 5.30. The predicted molar refractivity (Wildman–Crippen MR) is 116 cm³/mol. The zero-order chi connectivity index (χ0) is 20.7. The van der Waals surface area contributed by atoms with Crippen LogP contribution in [0.25, 0.3) is 22.2 Å². The largest absolute Gasteiger partial charge is 0.492 e. The van der Waals surface area contributed by atoms with Crippen LogP contribution in [0.3, 0.4) is 0 Å². The summed E-state index contributed by atoms with van der Waals surface area (Å²) in [4.78, 5) is 12.2. The number of carboxylic acid groups (broad SMARTS) is 1. The lowest BCUT2D eigenvalue weighted by atomic mass is 9.81. The van der Waals surface area contributed by atoms with Gasteiger partial charge in [0, 0.05) is 23.4 Å². The van der Waals surface area contributed by atoms with Crippen LogP contribution < -0.4 is 4.74 Å². The molecular formula is C25H27NO4. The highest BCUT2D eigenvalue weighted by molar-refractivity contribution is 6.02. The molecule has 0 radical (unpaired) electrons. The van der Waals surface area contributed by atoms with Crippen molar-refractivity contribution in [2.75, 3.05) is 13.2 Å². The molecule has 2 aromatic carbocycles. The molecule has 3 aromatic rings. The molecule has 0 saturated heterocycles. The van der Waals surface area contributed by atoms with Gasteiger partial charge in [-0.25, -0.2) is 4.79 Å². The number of aliphatic hydroxyl groups is 1. The molecule has 0 bridgehead atoms. The maximum absolute atomic E-state index is 12.2. The molecule has 5 nitrogen and oxygen atoms in total. The second-order valence-electron chi connectivity index (χ2n) is 8.57. The topological polar surface area (TPSA) is 71.7 Å². The first-order valence-electron chi connectivity index (χ1n) is 10.9. The molecule has 1 saturated carbocycles. The normalized spacial score (nSPS) is 19.4. The summed E-state index contributed by atoms with van der Waals surface area (Å²) in [6.07, 6.45) is 5.91. The number of hydrogen-bond acceptors (Lipinski definition) is 3. The van der Waals surface area contributed by atoms with Crippen molar-refractivity contribution in [3.63, 3.8) is 0 Å². The van der Waals surface area contributed by atoms with Crippen LogP contribution in [0.1, 0.15) is 53.9 Å². The molecule has 2 heterocycles. The molecule has 5 heteroatoms. The Morgan fingerprint density at radius 1 is 1.07 bits per heavy atom. The molecule has 30 heavy (non-hydrogen) atoms. The van der Waals surface area contributed by atoms with E-state index in [2.05, 4.69) is 22.8 Å². The van der Waals surface area contributed by atoms with Gasteiger partial charge in [-0.2, -0.15) is 0 Å². The summed E-state index contributed by atoms with van der Waals surface area (Å²) in [7, 11) is 0. The number of aromatic nitrogens is 1. The SMILES string of the molecule is O=C(O)c1cccc2c1-c1c(C3CCCCC3)c3ccccc3n1C[C@H](CO)CO2. The van der Waals surface area contributed by atoms with E-state index < -0.39 is 5.97 Å². The summed E-state index contributed by atoms with van der Waals surface area (Å²) in [5, 5.41) is 21.2. The minimum absolute atomic E-state index is 0.0265. The van der Waals surface area contributed by atoms with Crippen molar-refractivity contribution in [3.8, 4) is 17.0 Å². The van der Waals surface area contributed by atoms with E-state index in [1.165, 1.54) is 30.2 Å². The number of ether oxygens (including phenoxy) is 1. The number of para-hydroxylation sites is 1. The molecule has 156 valence electrons. The first-order chi connectivity index (χ1) is 14.7. The number of aliphatic hydroxyl groups excluding tert-OH is 1. The fraction of sp³-hybridized carbons (Fsp3) is 0.400. The molecule has 2 N–H and O–H groups in total. The van der Waals surface area contributed by atoms with Crippen molar-refractivity contribution in [1.82, 2.24) is 4.57 Å². The van der Waals surface area contributed by atoms with E-state index in [0.717, 1.165) is 24.1 Å². The van der Waals surface area contributed by atoms with Crippen molar-refractivity contribution in [2.24, 2.45) is 5.92 Å². The summed E-state index contributed by atoms with van der Waals surface area (Å²) in [5.41, 5.74) is 4.28. The number of carbonyl (C=O) groups is 1. The first-order valence-corrected chi connectivity index (χ1v) is 10.9. The number of hydrogen-bond donors (Lipinski definition) is 2. The quantitative estimate of drug-likeness (QED) is 0.639. The number of carboxylic acids is 1. The predicted octanol–water partition coefficient (Wildman–Crippen LogP) is 5.06. The molecular weight excluding hydrogens is 378 g/mol. The van der Waals surface area contributed by atoms with E-state index in [-0.39, 0.29) is 18.1 Å². The summed E-state index contributed by atoms with van der Waals surface area (Å²) < 4.78 is 8.33. The molecule has 1 aromatic heterocycles. The third-order valence-electron chi connectivity index (χ3n) is 6.69. The number of fused-ring (bicyclic) bond motifs is 5. The summed E-state index contributed by atoms with van der Waals surface area (Å²) in [5.74, 6) is -0.00250.